The first-order valence-electron chi connectivity index (χ1n) is 5.31. The van der Waals surface area contributed by atoms with Crippen molar-refractivity contribution in [2.75, 3.05) is 18.8 Å². The molecule has 2 aliphatic rings. The Morgan fingerprint density at radius 1 is 1.40 bits per heavy atom. The van der Waals surface area contributed by atoms with Crippen LogP contribution in [0.15, 0.2) is 12.7 Å². The van der Waals surface area contributed by atoms with Gasteiger partial charge in [0.2, 0.25) is 10.0 Å². The van der Waals surface area contributed by atoms with E-state index in [1.807, 2.05) is 0 Å². The Kier molecular flexibility index (Phi) is 2.87. The summed E-state index contributed by atoms with van der Waals surface area (Å²) in [5.41, 5.74) is 0. The molecule has 1 saturated carbocycles. The van der Waals surface area contributed by atoms with Crippen LogP contribution in [0.25, 0.3) is 0 Å². The van der Waals surface area contributed by atoms with Gasteiger partial charge >= 0.3 is 0 Å². The van der Waals surface area contributed by atoms with Crippen molar-refractivity contribution < 1.29 is 13.5 Å². The molecule has 4 nitrogen and oxygen atoms in total. The van der Waals surface area contributed by atoms with Crippen molar-refractivity contribution in [3.05, 3.63) is 12.7 Å². The Morgan fingerprint density at radius 3 is 2.73 bits per heavy atom. The second kappa shape index (κ2) is 3.88. The molecule has 86 valence electrons. The van der Waals surface area contributed by atoms with Gasteiger partial charge in [0, 0.05) is 19.0 Å². The highest BCUT2D eigenvalue weighted by Crippen LogP contribution is 2.39. The van der Waals surface area contributed by atoms with Crippen LogP contribution in [0.4, 0.5) is 0 Å². The number of fused-ring (bicyclic) bond motifs is 1. The third kappa shape index (κ3) is 1.96. The van der Waals surface area contributed by atoms with Gasteiger partial charge in [0.1, 0.15) is 0 Å². The summed E-state index contributed by atoms with van der Waals surface area (Å²) in [5, 5.41) is 9.67. The number of aliphatic hydroxyl groups is 1. The number of aliphatic hydroxyl groups excluding tert-OH is 1. The fourth-order valence-electron chi connectivity index (χ4n) is 2.68. The molecule has 3 unspecified atom stereocenters. The van der Waals surface area contributed by atoms with Crippen LogP contribution >= 0.6 is 0 Å². The molecule has 2 rings (SSSR count). The third-order valence-corrected chi connectivity index (χ3v) is 5.25. The first kappa shape index (κ1) is 11.1. The SMILES string of the molecule is C=CCS(=O)(=O)N1CC2CCC(O)C2C1. The molecule has 0 spiro atoms. The Bertz CT molecular complexity index is 352. The maximum atomic E-state index is 11.7. The number of sulfonamides is 1. The van der Waals surface area contributed by atoms with E-state index in [0.29, 0.717) is 19.0 Å². The van der Waals surface area contributed by atoms with E-state index in [1.165, 1.54) is 10.4 Å². The zero-order valence-electron chi connectivity index (χ0n) is 8.67. The van der Waals surface area contributed by atoms with Crippen LogP contribution in [0.3, 0.4) is 0 Å². The summed E-state index contributed by atoms with van der Waals surface area (Å²) in [6, 6.07) is 0. The van der Waals surface area contributed by atoms with E-state index in [-0.39, 0.29) is 17.8 Å². The van der Waals surface area contributed by atoms with Gasteiger partial charge in [-0.1, -0.05) is 6.08 Å². The van der Waals surface area contributed by atoms with Crippen molar-refractivity contribution in [1.82, 2.24) is 4.31 Å². The summed E-state index contributed by atoms with van der Waals surface area (Å²) in [5.74, 6) is 0.520. The smallest absolute Gasteiger partial charge is 0.217 e. The Hall–Kier alpha value is -0.390. The summed E-state index contributed by atoms with van der Waals surface area (Å²) < 4.78 is 25.0. The number of rotatable bonds is 3. The number of hydrogen-bond acceptors (Lipinski definition) is 3. The highest BCUT2D eigenvalue weighted by molar-refractivity contribution is 7.89. The lowest BCUT2D eigenvalue weighted by Crippen LogP contribution is -2.32. The van der Waals surface area contributed by atoms with E-state index in [9.17, 15) is 13.5 Å². The molecule has 3 atom stereocenters. The average molecular weight is 231 g/mol. The Labute approximate surface area is 90.6 Å². The molecule has 15 heavy (non-hydrogen) atoms. The molecule has 0 amide bonds. The quantitative estimate of drug-likeness (QED) is 0.706. The molecule has 1 saturated heterocycles. The zero-order chi connectivity index (χ0) is 11.1. The predicted molar refractivity (Wildman–Crippen MR) is 57.8 cm³/mol. The molecule has 0 radical (unpaired) electrons. The summed E-state index contributed by atoms with van der Waals surface area (Å²) in [6.45, 7) is 4.52. The van der Waals surface area contributed by atoms with Crippen molar-refractivity contribution in [1.29, 1.82) is 0 Å². The van der Waals surface area contributed by atoms with Gasteiger partial charge in [-0.25, -0.2) is 12.7 Å². The van der Waals surface area contributed by atoms with Gasteiger partial charge in [0.05, 0.1) is 11.9 Å². The fraction of sp³-hybridized carbons (Fsp3) is 0.800. The molecule has 0 bridgehead atoms. The highest BCUT2D eigenvalue weighted by atomic mass is 32.2. The molecule has 1 N–H and O–H groups in total. The van der Waals surface area contributed by atoms with Crippen LogP contribution < -0.4 is 0 Å². The molecule has 1 aliphatic heterocycles. The fourth-order valence-corrected chi connectivity index (χ4v) is 4.00. The third-order valence-electron chi connectivity index (χ3n) is 3.51. The minimum atomic E-state index is -3.17. The minimum absolute atomic E-state index is 0.00252. The monoisotopic (exact) mass is 231 g/mol. The van der Waals surface area contributed by atoms with Crippen molar-refractivity contribution >= 4 is 10.0 Å². The van der Waals surface area contributed by atoms with Gasteiger partial charge in [-0.15, -0.1) is 6.58 Å². The molecule has 0 aromatic rings. The summed E-state index contributed by atoms with van der Waals surface area (Å²) in [4.78, 5) is 0. The van der Waals surface area contributed by atoms with Crippen LogP contribution in [-0.4, -0.2) is 42.8 Å². The van der Waals surface area contributed by atoms with E-state index in [4.69, 9.17) is 0 Å². The lowest BCUT2D eigenvalue weighted by Gasteiger charge is -2.17. The maximum absolute atomic E-state index is 11.7. The zero-order valence-corrected chi connectivity index (χ0v) is 9.49. The van der Waals surface area contributed by atoms with Gasteiger partial charge in [0.25, 0.3) is 0 Å². The average Bonchev–Trinajstić information content (AvgIpc) is 2.69. The molecule has 1 aliphatic carbocycles. The van der Waals surface area contributed by atoms with E-state index >= 15 is 0 Å². The van der Waals surface area contributed by atoms with Gasteiger partial charge in [-0.3, -0.25) is 0 Å². The molecule has 1 heterocycles. The van der Waals surface area contributed by atoms with Gasteiger partial charge in [0.15, 0.2) is 0 Å². The Morgan fingerprint density at radius 2 is 2.13 bits per heavy atom. The van der Waals surface area contributed by atoms with Crippen molar-refractivity contribution in [2.45, 2.75) is 18.9 Å². The standard InChI is InChI=1S/C10H17NO3S/c1-2-5-15(13,14)11-6-8-3-4-10(12)9(8)7-11/h2,8-10,12H,1,3-7H2. The molecule has 2 fully saturated rings. The van der Waals surface area contributed by atoms with Crippen molar-refractivity contribution in [3.63, 3.8) is 0 Å². The molecule has 5 heteroatoms. The first-order valence-corrected chi connectivity index (χ1v) is 6.92. The molecule has 0 aromatic heterocycles. The predicted octanol–water partition coefficient (Wildman–Crippen LogP) is 0.205. The topological polar surface area (TPSA) is 57.6 Å². The molecular formula is C10H17NO3S. The maximum Gasteiger partial charge on any atom is 0.217 e. The lowest BCUT2D eigenvalue weighted by atomic mass is 10.00. The van der Waals surface area contributed by atoms with E-state index in [1.54, 1.807) is 0 Å². The van der Waals surface area contributed by atoms with Gasteiger partial charge in [-0.05, 0) is 18.8 Å². The largest absolute Gasteiger partial charge is 0.393 e. The first-order chi connectivity index (χ1) is 7.04. The van der Waals surface area contributed by atoms with Gasteiger partial charge < -0.3 is 5.11 Å². The van der Waals surface area contributed by atoms with Gasteiger partial charge in [-0.2, -0.15) is 0 Å². The van der Waals surface area contributed by atoms with Crippen LogP contribution in [0, 0.1) is 11.8 Å². The highest BCUT2D eigenvalue weighted by Gasteiger charge is 2.44. The minimum Gasteiger partial charge on any atom is -0.393 e. The van der Waals surface area contributed by atoms with Crippen LogP contribution in [0.1, 0.15) is 12.8 Å². The van der Waals surface area contributed by atoms with E-state index < -0.39 is 10.0 Å². The second-order valence-corrected chi connectivity index (χ2v) is 6.47. The summed E-state index contributed by atoms with van der Waals surface area (Å²) in [7, 11) is -3.17. The summed E-state index contributed by atoms with van der Waals surface area (Å²) >= 11 is 0. The van der Waals surface area contributed by atoms with E-state index in [0.717, 1.165) is 12.8 Å². The number of nitrogens with zero attached hydrogens (tertiary/aromatic N) is 1. The number of hydrogen-bond donors (Lipinski definition) is 1. The second-order valence-electron chi connectivity index (χ2n) is 4.45. The van der Waals surface area contributed by atoms with Crippen LogP contribution in [-0.2, 0) is 10.0 Å². The normalized spacial score (nSPS) is 36.7. The molecule has 0 aromatic carbocycles. The van der Waals surface area contributed by atoms with Crippen LogP contribution in [0.5, 0.6) is 0 Å². The van der Waals surface area contributed by atoms with Crippen molar-refractivity contribution in [2.24, 2.45) is 11.8 Å². The molecular weight excluding hydrogens is 214 g/mol. The van der Waals surface area contributed by atoms with Crippen molar-refractivity contribution in [3.8, 4) is 0 Å². The summed E-state index contributed by atoms with van der Waals surface area (Å²) in [6.07, 6.45) is 2.88. The lowest BCUT2D eigenvalue weighted by molar-refractivity contribution is 0.129. The van der Waals surface area contributed by atoms with E-state index in [2.05, 4.69) is 6.58 Å². The van der Waals surface area contributed by atoms with Crippen LogP contribution in [0.2, 0.25) is 0 Å². The Balaban J connectivity index is 2.08.